The molecule has 3 N–H and O–H groups in total. The molecular formula is C21H28FN5O2. The van der Waals surface area contributed by atoms with E-state index in [1.54, 1.807) is 0 Å². The Kier molecular flexibility index (Phi) is 6.44. The van der Waals surface area contributed by atoms with E-state index in [9.17, 15) is 4.39 Å². The van der Waals surface area contributed by atoms with E-state index in [1.807, 2.05) is 19.9 Å². The van der Waals surface area contributed by atoms with Crippen molar-refractivity contribution in [3.8, 4) is 5.75 Å². The predicted molar refractivity (Wildman–Crippen MR) is 114 cm³/mol. The summed E-state index contributed by atoms with van der Waals surface area (Å²) in [6, 6.07) is 2.86. The number of nitrogens with zero attached hydrogens (tertiary/aromatic N) is 3. The molecule has 1 aromatic rings. The number of hydrogen-bond donors (Lipinski definition) is 2. The van der Waals surface area contributed by atoms with Gasteiger partial charge in [-0.15, -0.1) is 6.58 Å². The molecule has 29 heavy (non-hydrogen) atoms. The number of halogens is 1. The van der Waals surface area contributed by atoms with E-state index in [4.69, 9.17) is 20.6 Å². The van der Waals surface area contributed by atoms with Crippen molar-refractivity contribution in [2.45, 2.75) is 51.5 Å². The Labute approximate surface area is 170 Å². The van der Waals surface area contributed by atoms with Crippen LogP contribution in [-0.4, -0.2) is 60.2 Å². The van der Waals surface area contributed by atoms with Gasteiger partial charge in [0.15, 0.2) is 11.6 Å². The molecule has 0 amide bonds. The molecule has 8 heteroatoms. The summed E-state index contributed by atoms with van der Waals surface area (Å²) < 4.78 is 25.3. The van der Waals surface area contributed by atoms with Crippen LogP contribution in [-0.2, 0) is 4.74 Å². The van der Waals surface area contributed by atoms with E-state index in [-0.39, 0.29) is 41.5 Å². The Bertz CT molecular complexity index is 852. The maximum absolute atomic E-state index is 14.2. The van der Waals surface area contributed by atoms with Crippen molar-refractivity contribution in [1.29, 1.82) is 5.41 Å². The lowest BCUT2D eigenvalue weighted by atomic mass is 9.98. The fourth-order valence-corrected chi connectivity index (χ4v) is 3.66. The highest BCUT2D eigenvalue weighted by Crippen LogP contribution is 2.28. The maximum Gasteiger partial charge on any atom is 0.167 e. The number of rotatable bonds is 6. The fourth-order valence-electron chi connectivity index (χ4n) is 3.66. The van der Waals surface area contributed by atoms with Crippen LogP contribution in [0.15, 0.2) is 34.8 Å². The highest BCUT2D eigenvalue weighted by molar-refractivity contribution is 6.49. The van der Waals surface area contributed by atoms with Gasteiger partial charge in [0.2, 0.25) is 0 Å². The van der Waals surface area contributed by atoms with Crippen LogP contribution in [0, 0.1) is 11.2 Å². The van der Waals surface area contributed by atoms with Crippen molar-refractivity contribution in [2.24, 2.45) is 9.98 Å². The number of ether oxygens (including phenoxy) is 2. The molecule has 1 aromatic carbocycles. The second-order valence-electron chi connectivity index (χ2n) is 7.57. The minimum absolute atomic E-state index is 0.0383. The van der Waals surface area contributed by atoms with Gasteiger partial charge in [0.1, 0.15) is 12.5 Å². The zero-order valence-electron chi connectivity index (χ0n) is 17.1. The van der Waals surface area contributed by atoms with Crippen molar-refractivity contribution in [3.63, 3.8) is 0 Å². The first kappa shape index (κ1) is 21.1. The molecule has 2 heterocycles. The van der Waals surface area contributed by atoms with Gasteiger partial charge in [-0.3, -0.25) is 15.3 Å². The smallest absolute Gasteiger partial charge is 0.167 e. The minimum atomic E-state index is -0.547. The molecular weight excluding hydrogens is 373 g/mol. The number of hydrogen-bond acceptors (Lipinski definition) is 7. The number of nitrogens with one attached hydrogen (secondary N) is 1. The molecule has 0 bridgehead atoms. The lowest BCUT2D eigenvalue weighted by Gasteiger charge is -2.43. The number of aliphatic imine (C=N–C) groups is 2. The summed E-state index contributed by atoms with van der Waals surface area (Å²) in [7, 11) is 0. The molecule has 1 saturated heterocycles. The van der Waals surface area contributed by atoms with Crippen molar-refractivity contribution >= 4 is 23.4 Å². The van der Waals surface area contributed by atoms with Crippen LogP contribution in [0.5, 0.6) is 5.75 Å². The summed E-state index contributed by atoms with van der Waals surface area (Å²) in [4.78, 5) is 11.1. The largest absolute Gasteiger partial charge is 0.488 e. The second-order valence-corrected chi connectivity index (χ2v) is 7.57. The van der Waals surface area contributed by atoms with Gasteiger partial charge in [-0.25, -0.2) is 9.38 Å². The molecule has 0 radical (unpaired) electrons. The highest BCUT2D eigenvalue weighted by atomic mass is 19.1. The van der Waals surface area contributed by atoms with E-state index in [0.29, 0.717) is 30.9 Å². The van der Waals surface area contributed by atoms with E-state index in [1.165, 1.54) is 18.5 Å². The zero-order chi connectivity index (χ0) is 21.1. The van der Waals surface area contributed by atoms with E-state index >= 15 is 0 Å². The topological polar surface area (TPSA) is 96.3 Å². The standard InChI is InChI=1S/C21H28FN5O2/c1-5-14-10-28-9-13(4)27(14)20-8-18(25-11-26-20)21(24)15-6-19(29-12(2)3)16(22)7-17(15)23/h5-7,11-14,20,24H,1,8-10,23H2,2-4H3/t13-,14-,20?/m1/s1. The van der Waals surface area contributed by atoms with Crippen LogP contribution in [0.25, 0.3) is 0 Å². The molecule has 156 valence electrons. The third-order valence-corrected chi connectivity index (χ3v) is 5.01. The summed E-state index contributed by atoms with van der Waals surface area (Å²) in [5, 5.41) is 8.65. The third kappa shape index (κ3) is 4.54. The minimum Gasteiger partial charge on any atom is -0.488 e. The molecule has 1 unspecified atom stereocenters. The predicted octanol–water partition coefficient (Wildman–Crippen LogP) is 3.04. The number of nitrogens with two attached hydrogens (primary N) is 1. The van der Waals surface area contributed by atoms with E-state index in [0.717, 1.165) is 0 Å². The second kappa shape index (κ2) is 8.84. The van der Waals surface area contributed by atoms with Gasteiger partial charge in [-0.05, 0) is 26.8 Å². The van der Waals surface area contributed by atoms with Crippen molar-refractivity contribution in [1.82, 2.24) is 4.90 Å². The summed E-state index contributed by atoms with van der Waals surface area (Å²) in [5.41, 5.74) is 7.26. The Morgan fingerprint density at radius 2 is 2.21 bits per heavy atom. The SMILES string of the molecule is C=C[C@@H]1COC[C@@H](C)N1C1CC(C(=N)c2cc(OC(C)C)c(F)cc2N)=NC=N1. The quantitative estimate of drug-likeness (QED) is 0.435. The van der Waals surface area contributed by atoms with Gasteiger partial charge in [-0.2, -0.15) is 0 Å². The Morgan fingerprint density at radius 1 is 1.45 bits per heavy atom. The number of anilines is 1. The molecule has 1 fully saturated rings. The fraction of sp³-hybridized carbons (Fsp3) is 0.476. The van der Waals surface area contributed by atoms with Gasteiger partial charge in [-0.1, -0.05) is 6.08 Å². The summed E-state index contributed by atoms with van der Waals surface area (Å²) in [6.45, 7) is 10.8. The van der Waals surface area contributed by atoms with Crippen LogP contribution in [0.1, 0.15) is 32.8 Å². The average Bonchev–Trinajstić information content (AvgIpc) is 2.69. The third-order valence-electron chi connectivity index (χ3n) is 5.01. The Morgan fingerprint density at radius 3 is 2.90 bits per heavy atom. The monoisotopic (exact) mass is 401 g/mol. The molecule has 2 aliphatic rings. The van der Waals surface area contributed by atoms with Crippen LogP contribution < -0.4 is 10.5 Å². The first-order valence-corrected chi connectivity index (χ1v) is 9.72. The normalized spacial score (nSPS) is 25.0. The summed E-state index contributed by atoms with van der Waals surface area (Å²) in [5.74, 6) is -0.474. The summed E-state index contributed by atoms with van der Waals surface area (Å²) >= 11 is 0. The van der Waals surface area contributed by atoms with Crippen LogP contribution in [0.2, 0.25) is 0 Å². The van der Waals surface area contributed by atoms with Gasteiger partial charge in [0.05, 0.1) is 36.8 Å². The Hall–Kier alpha value is -2.58. The molecule has 3 atom stereocenters. The van der Waals surface area contributed by atoms with Crippen LogP contribution in [0.4, 0.5) is 10.1 Å². The maximum atomic E-state index is 14.2. The molecule has 0 aromatic heterocycles. The molecule has 0 saturated carbocycles. The Balaban J connectivity index is 1.84. The summed E-state index contributed by atoms with van der Waals surface area (Å²) in [6.07, 6.45) is 3.40. The van der Waals surface area contributed by atoms with Crippen LogP contribution >= 0.6 is 0 Å². The highest BCUT2D eigenvalue weighted by Gasteiger charge is 2.34. The molecule has 2 aliphatic heterocycles. The van der Waals surface area contributed by atoms with Gasteiger partial charge < -0.3 is 15.2 Å². The average molecular weight is 401 g/mol. The lowest BCUT2D eigenvalue weighted by molar-refractivity contribution is -0.0454. The lowest BCUT2D eigenvalue weighted by Crippen LogP contribution is -2.55. The number of nitrogen functional groups attached to an aromatic ring is 1. The molecule has 3 rings (SSSR count). The molecule has 0 aliphatic carbocycles. The molecule has 0 spiro atoms. The van der Waals surface area contributed by atoms with Gasteiger partial charge in [0, 0.05) is 29.8 Å². The molecule has 7 nitrogen and oxygen atoms in total. The van der Waals surface area contributed by atoms with Gasteiger partial charge in [0.25, 0.3) is 0 Å². The first-order chi connectivity index (χ1) is 13.8. The number of morpholine rings is 1. The van der Waals surface area contributed by atoms with E-state index in [2.05, 4.69) is 28.4 Å². The van der Waals surface area contributed by atoms with Crippen molar-refractivity contribution < 1.29 is 13.9 Å². The van der Waals surface area contributed by atoms with Gasteiger partial charge >= 0.3 is 0 Å². The number of benzene rings is 1. The zero-order valence-corrected chi connectivity index (χ0v) is 17.1. The van der Waals surface area contributed by atoms with Crippen molar-refractivity contribution in [2.75, 3.05) is 18.9 Å². The van der Waals surface area contributed by atoms with Crippen molar-refractivity contribution in [3.05, 3.63) is 36.2 Å². The van der Waals surface area contributed by atoms with E-state index < -0.39 is 5.82 Å². The first-order valence-electron chi connectivity index (χ1n) is 9.72. The van der Waals surface area contributed by atoms with Crippen LogP contribution in [0.3, 0.4) is 0 Å².